The average Bonchev–Trinajstić information content (AvgIpc) is 2.38. The number of carboxylic acids is 1. The molecule has 1 aromatic carbocycles. The van der Waals surface area contributed by atoms with Crippen molar-refractivity contribution in [2.45, 2.75) is 19.6 Å². The average molecular weight is 291 g/mol. The summed E-state index contributed by atoms with van der Waals surface area (Å²) in [5.74, 6) is -0.967. The molecule has 5 heteroatoms. The molecule has 0 saturated carbocycles. The lowest BCUT2D eigenvalue weighted by Crippen LogP contribution is -2.18. The van der Waals surface area contributed by atoms with E-state index in [1.807, 2.05) is 37.3 Å². The largest absolute Gasteiger partial charge is 0.481 e. The van der Waals surface area contributed by atoms with Crippen LogP contribution in [-0.2, 0) is 21.3 Å². The van der Waals surface area contributed by atoms with Crippen LogP contribution in [0.25, 0.3) is 10.9 Å². The fourth-order valence-corrected chi connectivity index (χ4v) is 3.50. The number of para-hydroxylation sites is 1. The summed E-state index contributed by atoms with van der Waals surface area (Å²) in [7, 11) is -1.19. The van der Waals surface area contributed by atoms with Gasteiger partial charge in [-0.15, -0.1) is 0 Å². The summed E-state index contributed by atoms with van der Waals surface area (Å²) in [6, 6.07) is 9.64. The third kappa shape index (κ3) is 3.42. The Kier molecular flexibility index (Phi) is 4.49. The number of hydrogen-bond donors (Lipinski definition) is 1. The maximum absolute atomic E-state index is 12.1. The topological polar surface area (TPSA) is 67.3 Å². The molecule has 4 nitrogen and oxygen atoms in total. The van der Waals surface area contributed by atoms with Gasteiger partial charge in [-0.2, -0.15) is 0 Å². The Hall–Kier alpha value is -1.75. The van der Waals surface area contributed by atoms with Crippen LogP contribution in [0, 0.1) is 12.8 Å². The summed E-state index contributed by atoms with van der Waals surface area (Å²) in [6.45, 7) is 3.48. The number of carboxylic acid groups (broad SMARTS) is 1. The van der Waals surface area contributed by atoms with E-state index in [4.69, 9.17) is 5.11 Å². The van der Waals surface area contributed by atoms with Crippen LogP contribution in [0.5, 0.6) is 0 Å². The lowest BCUT2D eigenvalue weighted by atomic mass is 10.1. The predicted octanol–water partition coefficient (Wildman–Crippen LogP) is 2.51. The van der Waals surface area contributed by atoms with Crippen molar-refractivity contribution in [3.05, 3.63) is 41.6 Å². The van der Waals surface area contributed by atoms with E-state index in [1.165, 1.54) is 0 Å². The first-order valence-corrected chi connectivity index (χ1v) is 7.89. The van der Waals surface area contributed by atoms with E-state index in [9.17, 15) is 9.00 Å². The van der Waals surface area contributed by atoms with Crippen LogP contribution in [0.1, 0.15) is 18.2 Å². The monoisotopic (exact) mass is 291 g/mol. The minimum Gasteiger partial charge on any atom is -0.481 e. The number of nitrogens with zero attached hydrogens (tertiary/aromatic N) is 1. The molecule has 106 valence electrons. The van der Waals surface area contributed by atoms with Gasteiger partial charge in [0.1, 0.15) is 0 Å². The molecule has 0 amide bonds. The summed E-state index contributed by atoms with van der Waals surface area (Å²) < 4.78 is 12.1. The zero-order valence-corrected chi connectivity index (χ0v) is 12.3. The molecule has 0 fully saturated rings. The van der Waals surface area contributed by atoms with Gasteiger partial charge < -0.3 is 5.11 Å². The van der Waals surface area contributed by atoms with Gasteiger partial charge in [0.15, 0.2) is 0 Å². The minimum absolute atomic E-state index is 0.172. The molecular weight excluding hydrogens is 274 g/mol. The van der Waals surface area contributed by atoms with Crippen molar-refractivity contribution >= 4 is 27.7 Å². The SMILES string of the molecule is Cc1cc(CS(=O)CC(C)C(=O)O)c2ccccc2n1. The second-order valence-corrected chi connectivity index (χ2v) is 6.43. The van der Waals surface area contributed by atoms with Gasteiger partial charge in [-0.3, -0.25) is 14.0 Å². The highest BCUT2D eigenvalue weighted by molar-refractivity contribution is 7.84. The number of carbonyl (C=O) groups is 1. The predicted molar refractivity (Wildman–Crippen MR) is 80.0 cm³/mol. The molecule has 2 rings (SSSR count). The van der Waals surface area contributed by atoms with Gasteiger partial charge in [0.2, 0.25) is 0 Å². The maximum atomic E-state index is 12.1. The van der Waals surface area contributed by atoms with E-state index in [2.05, 4.69) is 4.98 Å². The first-order chi connectivity index (χ1) is 9.47. The van der Waals surface area contributed by atoms with E-state index < -0.39 is 22.7 Å². The van der Waals surface area contributed by atoms with E-state index >= 15 is 0 Å². The van der Waals surface area contributed by atoms with Gasteiger partial charge in [-0.05, 0) is 24.6 Å². The minimum atomic E-state index is -1.19. The number of aromatic nitrogens is 1. The Morgan fingerprint density at radius 3 is 2.80 bits per heavy atom. The van der Waals surface area contributed by atoms with E-state index in [-0.39, 0.29) is 5.75 Å². The van der Waals surface area contributed by atoms with Crippen molar-refractivity contribution in [3.8, 4) is 0 Å². The van der Waals surface area contributed by atoms with Crippen molar-refractivity contribution in [2.75, 3.05) is 5.75 Å². The van der Waals surface area contributed by atoms with Crippen LogP contribution in [0.4, 0.5) is 0 Å². The number of aryl methyl sites for hydroxylation is 1. The molecular formula is C15H17NO3S. The standard InChI is InChI=1S/C15H17NO3S/c1-10(15(17)18)8-20(19)9-12-7-11(2)16-14-6-4-3-5-13(12)14/h3-7,10H,8-9H2,1-2H3,(H,17,18). The summed E-state index contributed by atoms with van der Waals surface area (Å²) in [4.78, 5) is 15.2. The van der Waals surface area contributed by atoms with Crippen molar-refractivity contribution < 1.29 is 14.1 Å². The fourth-order valence-electron chi connectivity index (χ4n) is 2.10. The Morgan fingerprint density at radius 1 is 1.40 bits per heavy atom. The number of rotatable bonds is 5. The quantitative estimate of drug-likeness (QED) is 0.919. The van der Waals surface area contributed by atoms with Crippen LogP contribution in [0.15, 0.2) is 30.3 Å². The lowest BCUT2D eigenvalue weighted by molar-refractivity contribution is -0.140. The molecule has 0 aliphatic carbocycles. The Morgan fingerprint density at radius 2 is 2.10 bits per heavy atom. The Balaban J connectivity index is 2.25. The van der Waals surface area contributed by atoms with Gasteiger partial charge >= 0.3 is 5.97 Å². The van der Waals surface area contributed by atoms with Crippen molar-refractivity contribution in [2.24, 2.45) is 5.92 Å². The molecule has 1 N–H and O–H groups in total. The molecule has 1 heterocycles. The van der Waals surface area contributed by atoms with Crippen LogP contribution in [0.2, 0.25) is 0 Å². The van der Waals surface area contributed by atoms with E-state index in [0.29, 0.717) is 5.75 Å². The van der Waals surface area contributed by atoms with Crippen molar-refractivity contribution in [1.29, 1.82) is 0 Å². The van der Waals surface area contributed by atoms with Crippen molar-refractivity contribution in [3.63, 3.8) is 0 Å². The van der Waals surface area contributed by atoms with Crippen LogP contribution < -0.4 is 0 Å². The molecule has 1 aromatic heterocycles. The van der Waals surface area contributed by atoms with Crippen LogP contribution in [-0.4, -0.2) is 26.0 Å². The number of aliphatic carboxylic acids is 1. The van der Waals surface area contributed by atoms with Gasteiger partial charge in [0, 0.05) is 33.4 Å². The molecule has 0 aliphatic heterocycles. The first kappa shape index (κ1) is 14.7. The molecule has 0 radical (unpaired) electrons. The summed E-state index contributed by atoms with van der Waals surface area (Å²) >= 11 is 0. The maximum Gasteiger partial charge on any atom is 0.307 e. The van der Waals surface area contributed by atoms with Gasteiger partial charge in [0.05, 0.1) is 11.4 Å². The van der Waals surface area contributed by atoms with Crippen molar-refractivity contribution in [1.82, 2.24) is 4.98 Å². The normalized spacial score (nSPS) is 14.1. The number of hydrogen-bond acceptors (Lipinski definition) is 3. The third-order valence-corrected chi connectivity index (χ3v) is 4.61. The first-order valence-electron chi connectivity index (χ1n) is 6.40. The van der Waals surface area contributed by atoms with Gasteiger partial charge in [-0.1, -0.05) is 25.1 Å². The second-order valence-electron chi connectivity index (χ2n) is 4.93. The molecule has 0 aliphatic rings. The van der Waals surface area contributed by atoms with Crippen LogP contribution in [0.3, 0.4) is 0 Å². The molecule has 0 bridgehead atoms. The molecule has 2 aromatic rings. The molecule has 2 unspecified atom stereocenters. The lowest BCUT2D eigenvalue weighted by Gasteiger charge is -2.09. The smallest absolute Gasteiger partial charge is 0.307 e. The zero-order valence-electron chi connectivity index (χ0n) is 11.5. The number of benzene rings is 1. The molecule has 0 spiro atoms. The summed E-state index contributed by atoms with van der Waals surface area (Å²) in [5, 5.41) is 9.85. The Bertz CT molecular complexity index is 669. The van der Waals surface area contributed by atoms with Gasteiger partial charge in [-0.25, -0.2) is 0 Å². The Labute approximate surface area is 120 Å². The number of fused-ring (bicyclic) bond motifs is 1. The van der Waals surface area contributed by atoms with Gasteiger partial charge in [0.25, 0.3) is 0 Å². The van der Waals surface area contributed by atoms with Crippen LogP contribution >= 0.6 is 0 Å². The van der Waals surface area contributed by atoms with E-state index in [1.54, 1.807) is 6.92 Å². The number of pyridine rings is 1. The van der Waals surface area contributed by atoms with E-state index in [0.717, 1.165) is 22.2 Å². The summed E-state index contributed by atoms with van der Waals surface area (Å²) in [5.41, 5.74) is 2.72. The second kappa shape index (κ2) is 6.13. The molecule has 2 atom stereocenters. The highest BCUT2D eigenvalue weighted by Crippen LogP contribution is 2.20. The fraction of sp³-hybridized carbons (Fsp3) is 0.333. The highest BCUT2D eigenvalue weighted by atomic mass is 32.2. The highest BCUT2D eigenvalue weighted by Gasteiger charge is 2.16. The summed E-state index contributed by atoms with van der Waals surface area (Å²) in [6.07, 6.45) is 0. The molecule has 20 heavy (non-hydrogen) atoms. The molecule has 0 saturated heterocycles. The zero-order chi connectivity index (χ0) is 14.7. The third-order valence-electron chi connectivity index (χ3n) is 3.10.